The molecule has 2 fully saturated rings. The molecule has 0 radical (unpaired) electrons. The van der Waals surface area contributed by atoms with Gasteiger partial charge in [0.15, 0.2) is 9.84 Å². The van der Waals surface area contributed by atoms with Gasteiger partial charge in [-0.1, -0.05) is 42.0 Å². The molecule has 7 nitrogen and oxygen atoms in total. The number of nitrogens with zero attached hydrogens (tertiary/aromatic N) is 2. The van der Waals surface area contributed by atoms with Crippen molar-refractivity contribution in [2.45, 2.75) is 66.6 Å². The summed E-state index contributed by atoms with van der Waals surface area (Å²) >= 11 is 12.3. The Morgan fingerprint density at radius 1 is 1.26 bits per heavy atom. The number of hydrogen-bond acceptors (Lipinski definition) is 5. The molecule has 10 heteroatoms. The normalized spacial score (nSPS) is 25.5. The van der Waals surface area contributed by atoms with Crippen molar-refractivity contribution >= 4 is 44.9 Å². The highest BCUT2D eigenvalue weighted by atomic mass is 35.5. The number of carbonyl (C=O) groups is 2. The van der Waals surface area contributed by atoms with Crippen LogP contribution in [0.2, 0.25) is 5.02 Å². The maximum absolute atomic E-state index is 13.8. The monoisotopic (exact) mass is 535 g/mol. The molecule has 2 amide bonds. The zero-order valence-corrected chi connectivity index (χ0v) is 21.8. The van der Waals surface area contributed by atoms with Gasteiger partial charge in [-0.2, -0.15) is 5.26 Å². The van der Waals surface area contributed by atoms with Crippen molar-refractivity contribution in [3.05, 3.63) is 53.1 Å². The van der Waals surface area contributed by atoms with E-state index in [-0.39, 0.29) is 34.2 Å². The molecule has 1 aliphatic heterocycles. The second-order valence-electron chi connectivity index (χ2n) is 9.88. The third-order valence-electron chi connectivity index (χ3n) is 7.04. The van der Waals surface area contributed by atoms with E-state index in [1.165, 1.54) is 17.0 Å². The van der Waals surface area contributed by atoms with Gasteiger partial charge in [0, 0.05) is 6.54 Å². The second kappa shape index (κ2) is 9.27. The Balaban J connectivity index is 1.67. The Morgan fingerprint density at radius 3 is 2.51 bits per heavy atom. The summed E-state index contributed by atoms with van der Waals surface area (Å²) in [6, 6.07) is 7.23. The Hall–Kier alpha value is -2.34. The van der Waals surface area contributed by atoms with E-state index in [0.717, 1.165) is 5.57 Å². The van der Waals surface area contributed by atoms with E-state index in [1.807, 2.05) is 12.2 Å². The first kappa shape index (κ1) is 25.7. The third-order valence-corrected chi connectivity index (χ3v) is 9.99. The summed E-state index contributed by atoms with van der Waals surface area (Å²) in [7, 11) is -3.93. The van der Waals surface area contributed by atoms with Crippen molar-refractivity contribution in [2.75, 3.05) is 6.54 Å². The molecule has 1 heterocycles. The summed E-state index contributed by atoms with van der Waals surface area (Å²) in [5, 5.41) is 11.1. The lowest BCUT2D eigenvalue weighted by Crippen LogP contribution is -2.52. The van der Waals surface area contributed by atoms with Crippen LogP contribution in [-0.4, -0.2) is 53.9 Å². The highest BCUT2D eigenvalue weighted by molar-refractivity contribution is 7.92. The smallest absolute Gasteiger partial charge is 0.244 e. The number of benzene rings is 1. The van der Waals surface area contributed by atoms with Crippen LogP contribution in [0.5, 0.6) is 0 Å². The number of alkyl halides is 1. The van der Waals surface area contributed by atoms with Gasteiger partial charge in [-0.15, -0.1) is 11.6 Å². The minimum atomic E-state index is -3.93. The number of nitriles is 1. The third kappa shape index (κ3) is 4.87. The molecule has 35 heavy (non-hydrogen) atoms. The van der Waals surface area contributed by atoms with Crippen LogP contribution in [0.4, 0.5) is 0 Å². The maximum atomic E-state index is 13.8. The van der Waals surface area contributed by atoms with Gasteiger partial charge in [-0.25, -0.2) is 8.42 Å². The SMILES string of the molecule is CC(C)(C(=O)N1C[C@H](S(=O)(=O)c2ccccc2Cl)C[C@H]1C(=O)NC1(C#N)CC1)C1=CCC(Cl)C=C1. The van der Waals surface area contributed by atoms with Gasteiger partial charge < -0.3 is 10.2 Å². The van der Waals surface area contributed by atoms with Crippen LogP contribution < -0.4 is 5.32 Å². The topological polar surface area (TPSA) is 107 Å². The summed E-state index contributed by atoms with van der Waals surface area (Å²) in [6.07, 6.45) is 7.06. The predicted octanol–water partition coefficient (Wildman–Crippen LogP) is 3.78. The van der Waals surface area contributed by atoms with Gasteiger partial charge in [-0.3, -0.25) is 9.59 Å². The van der Waals surface area contributed by atoms with E-state index in [2.05, 4.69) is 11.4 Å². The van der Waals surface area contributed by atoms with Gasteiger partial charge in [-0.05, 0) is 57.2 Å². The fourth-order valence-corrected chi connectivity index (χ4v) is 6.98. The van der Waals surface area contributed by atoms with E-state index < -0.39 is 38.0 Å². The first-order valence-corrected chi connectivity index (χ1v) is 13.8. The lowest BCUT2D eigenvalue weighted by Gasteiger charge is -2.34. The molecule has 4 rings (SSSR count). The molecule has 1 N–H and O–H groups in total. The number of halogens is 2. The predicted molar refractivity (Wildman–Crippen MR) is 134 cm³/mol. The molecule has 0 aromatic heterocycles. The molecule has 0 spiro atoms. The fourth-order valence-electron chi connectivity index (χ4n) is 4.60. The minimum Gasteiger partial charge on any atom is -0.336 e. The molecular formula is C25H27Cl2N3O4S. The maximum Gasteiger partial charge on any atom is 0.244 e. The van der Waals surface area contributed by atoms with Crippen molar-refractivity contribution in [3.8, 4) is 6.07 Å². The van der Waals surface area contributed by atoms with Gasteiger partial charge >= 0.3 is 0 Å². The van der Waals surface area contributed by atoms with E-state index in [0.29, 0.717) is 19.3 Å². The quantitative estimate of drug-likeness (QED) is 0.557. The number of carbonyl (C=O) groups excluding carboxylic acids is 2. The van der Waals surface area contributed by atoms with Crippen LogP contribution in [0.3, 0.4) is 0 Å². The average molecular weight is 536 g/mol. The minimum absolute atomic E-state index is 0.0267. The van der Waals surface area contributed by atoms with Crippen molar-refractivity contribution in [1.82, 2.24) is 10.2 Å². The van der Waals surface area contributed by atoms with Crippen molar-refractivity contribution in [3.63, 3.8) is 0 Å². The summed E-state index contributed by atoms with van der Waals surface area (Å²) in [5.41, 5.74) is -1.20. The van der Waals surface area contributed by atoms with E-state index >= 15 is 0 Å². The van der Waals surface area contributed by atoms with Crippen LogP contribution in [0.15, 0.2) is 53.0 Å². The van der Waals surface area contributed by atoms with Crippen LogP contribution in [0.1, 0.15) is 39.5 Å². The van der Waals surface area contributed by atoms with Gasteiger partial charge in [0.25, 0.3) is 0 Å². The van der Waals surface area contributed by atoms with Crippen molar-refractivity contribution in [2.24, 2.45) is 5.41 Å². The number of hydrogen-bond donors (Lipinski definition) is 1. The Bertz CT molecular complexity index is 1260. The molecule has 3 atom stereocenters. The molecule has 3 aliphatic rings. The van der Waals surface area contributed by atoms with E-state index in [9.17, 15) is 23.3 Å². The first-order chi connectivity index (χ1) is 16.4. The molecule has 1 aromatic rings. The average Bonchev–Trinajstić information content (AvgIpc) is 3.44. The summed E-state index contributed by atoms with van der Waals surface area (Å²) in [6.45, 7) is 3.35. The standard InChI is InChI=1S/C25H27Cl2N3O4S/c1-24(2,16-7-9-17(26)10-8-16)23(32)30-14-18(35(33,34)21-6-4-3-5-19(21)27)13-20(30)22(31)29-25(15-28)11-12-25/h3-9,17-18,20H,10-14H2,1-2H3,(H,29,31)/t17?,18-,20+/m1/s1. The molecule has 0 bridgehead atoms. The lowest BCUT2D eigenvalue weighted by molar-refractivity contribution is -0.144. The lowest BCUT2D eigenvalue weighted by atomic mass is 9.80. The van der Waals surface area contributed by atoms with Crippen LogP contribution in [-0.2, 0) is 19.4 Å². The fraction of sp³-hybridized carbons (Fsp3) is 0.480. The number of nitrogens with one attached hydrogen (secondary N) is 1. The zero-order chi connectivity index (χ0) is 25.6. The summed E-state index contributed by atoms with van der Waals surface area (Å²) in [4.78, 5) is 28.4. The second-order valence-corrected chi connectivity index (χ2v) is 13.0. The van der Waals surface area contributed by atoms with Gasteiger partial charge in [0.05, 0.1) is 32.0 Å². The number of allylic oxidation sites excluding steroid dienone is 3. The summed E-state index contributed by atoms with van der Waals surface area (Å²) < 4.78 is 27.0. The van der Waals surface area contributed by atoms with Crippen molar-refractivity contribution in [1.29, 1.82) is 5.26 Å². The van der Waals surface area contributed by atoms with Crippen molar-refractivity contribution < 1.29 is 18.0 Å². The number of rotatable bonds is 6. The number of sulfone groups is 1. The van der Waals surface area contributed by atoms with Crippen LogP contribution in [0, 0.1) is 16.7 Å². The van der Waals surface area contributed by atoms with E-state index in [4.69, 9.17) is 23.2 Å². The molecule has 1 saturated heterocycles. The van der Waals surface area contributed by atoms with Crippen LogP contribution >= 0.6 is 23.2 Å². The Labute approximate surface area is 215 Å². The largest absolute Gasteiger partial charge is 0.336 e. The molecule has 1 saturated carbocycles. The summed E-state index contributed by atoms with van der Waals surface area (Å²) in [5.74, 6) is -0.876. The highest BCUT2D eigenvalue weighted by Gasteiger charge is 2.52. The highest BCUT2D eigenvalue weighted by Crippen LogP contribution is 2.39. The Kier molecular flexibility index (Phi) is 6.82. The molecular weight excluding hydrogens is 509 g/mol. The van der Waals surface area contributed by atoms with E-state index in [1.54, 1.807) is 32.1 Å². The number of amides is 2. The molecule has 1 aromatic carbocycles. The van der Waals surface area contributed by atoms with Gasteiger partial charge in [0.2, 0.25) is 11.8 Å². The zero-order valence-electron chi connectivity index (χ0n) is 19.5. The molecule has 186 valence electrons. The molecule has 2 aliphatic carbocycles. The van der Waals surface area contributed by atoms with Gasteiger partial charge in [0.1, 0.15) is 11.6 Å². The molecule has 1 unspecified atom stereocenters. The number of likely N-dealkylation sites (tertiary alicyclic amines) is 1. The first-order valence-electron chi connectivity index (χ1n) is 11.5. The van der Waals surface area contributed by atoms with Crippen LogP contribution in [0.25, 0.3) is 0 Å². The Morgan fingerprint density at radius 2 is 1.94 bits per heavy atom.